The van der Waals surface area contributed by atoms with E-state index >= 15 is 0 Å². The zero-order valence-corrected chi connectivity index (χ0v) is 16.3. The van der Waals surface area contributed by atoms with E-state index in [1.165, 1.54) is 6.07 Å². The van der Waals surface area contributed by atoms with Crippen molar-refractivity contribution in [2.45, 2.75) is 12.8 Å². The Bertz CT molecular complexity index is 962. The number of rotatable bonds is 2. The maximum absolute atomic E-state index is 14.7. The van der Waals surface area contributed by atoms with Gasteiger partial charge >= 0.3 is 0 Å². The molecule has 0 radical (unpaired) electrons. The first kappa shape index (κ1) is 19.1. The molecular formula is C20H17BrFN5. The van der Waals surface area contributed by atoms with E-state index in [2.05, 4.69) is 26.9 Å². The summed E-state index contributed by atoms with van der Waals surface area (Å²) in [5, 5.41) is 29.4. The molecule has 0 amide bonds. The Morgan fingerprint density at radius 1 is 1.33 bits per heavy atom. The maximum atomic E-state index is 14.7. The van der Waals surface area contributed by atoms with Crippen molar-refractivity contribution in [2.24, 2.45) is 17.1 Å². The molecule has 136 valence electrons. The lowest BCUT2D eigenvalue weighted by Gasteiger charge is -2.45. The largest absolute Gasteiger partial charge is 0.399 e. The monoisotopic (exact) mass is 425 g/mol. The Balaban J connectivity index is 2.34. The molecule has 2 unspecified atom stereocenters. The highest BCUT2D eigenvalue weighted by Crippen LogP contribution is 2.53. The molecule has 0 aromatic heterocycles. The van der Waals surface area contributed by atoms with Crippen LogP contribution in [0.5, 0.6) is 0 Å². The van der Waals surface area contributed by atoms with Gasteiger partial charge in [0.05, 0.1) is 29.5 Å². The van der Waals surface area contributed by atoms with E-state index in [-0.39, 0.29) is 17.2 Å². The number of hydrogen-bond donors (Lipinski definition) is 1. The van der Waals surface area contributed by atoms with Crippen LogP contribution in [-0.4, -0.2) is 24.5 Å². The summed E-state index contributed by atoms with van der Waals surface area (Å²) in [6, 6.07) is 10.7. The topological polar surface area (TPSA) is 101 Å². The third-order valence-electron chi connectivity index (χ3n) is 5.46. The van der Waals surface area contributed by atoms with Gasteiger partial charge in [0.25, 0.3) is 0 Å². The zero-order valence-electron chi connectivity index (χ0n) is 14.7. The van der Waals surface area contributed by atoms with Gasteiger partial charge in [0.2, 0.25) is 5.41 Å². The molecule has 1 aliphatic carbocycles. The van der Waals surface area contributed by atoms with Crippen LogP contribution in [-0.2, 0) is 0 Å². The Kier molecular flexibility index (Phi) is 5.07. The van der Waals surface area contributed by atoms with Gasteiger partial charge in [-0.1, -0.05) is 28.9 Å². The SMILES string of the molecule is CCN1CC=C2C(C1)C(c1cc(Br)ccc1F)C(C#N)=C(N)C2(C#N)C#N. The van der Waals surface area contributed by atoms with Crippen LogP contribution in [0.15, 0.2) is 45.6 Å². The summed E-state index contributed by atoms with van der Waals surface area (Å²) in [5.41, 5.74) is 5.42. The molecule has 7 heteroatoms. The lowest BCUT2D eigenvalue weighted by molar-refractivity contribution is 0.233. The minimum absolute atomic E-state index is 0.0909. The summed E-state index contributed by atoms with van der Waals surface area (Å²) in [4.78, 5) is 2.13. The molecule has 5 nitrogen and oxygen atoms in total. The van der Waals surface area contributed by atoms with Crippen LogP contribution >= 0.6 is 15.9 Å². The number of fused-ring (bicyclic) bond motifs is 1. The van der Waals surface area contributed by atoms with Gasteiger partial charge in [-0.25, -0.2) is 4.39 Å². The molecule has 27 heavy (non-hydrogen) atoms. The second kappa shape index (κ2) is 7.16. The molecule has 0 saturated carbocycles. The van der Waals surface area contributed by atoms with E-state index in [1.807, 2.05) is 25.1 Å². The summed E-state index contributed by atoms with van der Waals surface area (Å²) < 4.78 is 15.4. The number of nitrogens with two attached hydrogens (primary N) is 1. The highest BCUT2D eigenvalue weighted by atomic mass is 79.9. The predicted octanol–water partition coefficient (Wildman–Crippen LogP) is 3.33. The summed E-state index contributed by atoms with van der Waals surface area (Å²) in [7, 11) is 0. The molecule has 0 saturated heterocycles. The van der Waals surface area contributed by atoms with Crippen molar-refractivity contribution in [1.82, 2.24) is 4.90 Å². The van der Waals surface area contributed by atoms with Gasteiger partial charge in [-0.15, -0.1) is 0 Å². The first-order valence-corrected chi connectivity index (χ1v) is 9.33. The van der Waals surface area contributed by atoms with Crippen molar-refractivity contribution in [3.05, 3.63) is 57.0 Å². The van der Waals surface area contributed by atoms with Crippen molar-refractivity contribution >= 4 is 15.9 Å². The molecule has 0 bridgehead atoms. The van der Waals surface area contributed by atoms with Crippen LogP contribution in [0.25, 0.3) is 0 Å². The van der Waals surface area contributed by atoms with E-state index in [9.17, 15) is 20.2 Å². The Labute approximate surface area is 165 Å². The van der Waals surface area contributed by atoms with E-state index in [4.69, 9.17) is 5.73 Å². The molecule has 2 atom stereocenters. The minimum Gasteiger partial charge on any atom is -0.399 e. The summed E-state index contributed by atoms with van der Waals surface area (Å²) in [5.74, 6) is -1.48. The van der Waals surface area contributed by atoms with Crippen LogP contribution in [0.2, 0.25) is 0 Å². The van der Waals surface area contributed by atoms with Crippen molar-refractivity contribution in [3.63, 3.8) is 0 Å². The molecule has 0 fully saturated rings. The summed E-state index contributed by atoms with van der Waals surface area (Å²) >= 11 is 3.36. The van der Waals surface area contributed by atoms with Crippen molar-refractivity contribution in [2.75, 3.05) is 19.6 Å². The number of nitrogens with zero attached hydrogens (tertiary/aromatic N) is 4. The van der Waals surface area contributed by atoms with Crippen LogP contribution in [0.3, 0.4) is 0 Å². The average molecular weight is 426 g/mol. The highest BCUT2D eigenvalue weighted by molar-refractivity contribution is 9.10. The number of hydrogen-bond acceptors (Lipinski definition) is 5. The van der Waals surface area contributed by atoms with Gasteiger partial charge in [0, 0.05) is 29.4 Å². The molecule has 0 spiro atoms. The Morgan fingerprint density at radius 3 is 2.63 bits per heavy atom. The van der Waals surface area contributed by atoms with E-state index < -0.39 is 17.2 Å². The van der Waals surface area contributed by atoms with Gasteiger partial charge in [-0.2, -0.15) is 15.8 Å². The van der Waals surface area contributed by atoms with E-state index in [0.29, 0.717) is 28.7 Å². The molecule has 2 N–H and O–H groups in total. The quantitative estimate of drug-likeness (QED) is 0.732. The van der Waals surface area contributed by atoms with Crippen molar-refractivity contribution in [1.29, 1.82) is 15.8 Å². The normalized spacial score (nSPS) is 24.2. The van der Waals surface area contributed by atoms with E-state index in [0.717, 1.165) is 6.54 Å². The van der Waals surface area contributed by atoms with Crippen LogP contribution in [0.1, 0.15) is 18.4 Å². The maximum Gasteiger partial charge on any atom is 0.204 e. The van der Waals surface area contributed by atoms with Crippen molar-refractivity contribution < 1.29 is 4.39 Å². The highest BCUT2D eigenvalue weighted by Gasteiger charge is 2.52. The first-order chi connectivity index (χ1) is 12.9. The molecular weight excluding hydrogens is 409 g/mol. The molecule has 1 heterocycles. The summed E-state index contributed by atoms with van der Waals surface area (Å²) in [6.07, 6.45) is 1.84. The number of nitriles is 3. The second-order valence-electron chi connectivity index (χ2n) is 6.67. The number of halogens is 2. The molecule has 3 rings (SSSR count). The van der Waals surface area contributed by atoms with Crippen LogP contribution in [0, 0.1) is 51.1 Å². The number of benzene rings is 1. The molecule has 2 aliphatic rings. The fourth-order valence-corrected chi connectivity index (χ4v) is 4.44. The molecule has 1 aromatic carbocycles. The fraction of sp³-hybridized carbons (Fsp3) is 0.350. The third kappa shape index (κ3) is 2.82. The zero-order chi connectivity index (χ0) is 19.8. The standard InChI is InChI=1S/C20H17BrFN5/c1-2-27-6-5-16-15(9-27)18(13-7-12(21)3-4-17(13)22)14(8-23)19(26)20(16,10-24)11-25/h3-5,7,15,18H,2,6,9,26H2,1H3. The van der Waals surface area contributed by atoms with E-state index in [1.54, 1.807) is 12.1 Å². The van der Waals surface area contributed by atoms with Crippen molar-refractivity contribution in [3.8, 4) is 18.2 Å². The lowest BCUT2D eigenvalue weighted by atomic mass is 9.60. The Morgan fingerprint density at radius 2 is 2.04 bits per heavy atom. The van der Waals surface area contributed by atoms with Gasteiger partial charge in [-0.3, -0.25) is 4.90 Å². The molecule has 1 aromatic rings. The Hall–Kier alpha value is -2.66. The third-order valence-corrected chi connectivity index (χ3v) is 5.95. The fourth-order valence-electron chi connectivity index (χ4n) is 4.06. The summed E-state index contributed by atoms with van der Waals surface area (Å²) in [6.45, 7) is 3.87. The number of likely N-dealkylation sites (N-methyl/N-ethyl adjacent to an activating group) is 1. The van der Waals surface area contributed by atoms with Crippen LogP contribution < -0.4 is 5.73 Å². The van der Waals surface area contributed by atoms with Gasteiger partial charge in [-0.05, 0) is 35.9 Å². The smallest absolute Gasteiger partial charge is 0.204 e. The van der Waals surface area contributed by atoms with Gasteiger partial charge in [0.1, 0.15) is 5.82 Å². The molecule has 1 aliphatic heterocycles. The predicted molar refractivity (Wildman–Crippen MR) is 101 cm³/mol. The van der Waals surface area contributed by atoms with Gasteiger partial charge in [0.15, 0.2) is 0 Å². The van der Waals surface area contributed by atoms with Gasteiger partial charge < -0.3 is 5.73 Å². The first-order valence-electron chi connectivity index (χ1n) is 8.54. The average Bonchev–Trinajstić information content (AvgIpc) is 2.69. The minimum atomic E-state index is -1.69. The number of allylic oxidation sites excluding steroid dienone is 2. The lowest BCUT2D eigenvalue weighted by Crippen LogP contribution is -2.47. The van der Waals surface area contributed by atoms with Crippen LogP contribution in [0.4, 0.5) is 4.39 Å². The second-order valence-corrected chi connectivity index (χ2v) is 7.59.